The van der Waals surface area contributed by atoms with Gasteiger partial charge < -0.3 is 5.32 Å². The number of hydrogen-bond acceptors (Lipinski definition) is 4. The van der Waals surface area contributed by atoms with Crippen LogP contribution in [0.25, 0.3) is 20.2 Å². The maximum atomic E-state index is 13.2. The summed E-state index contributed by atoms with van der Waals surface area (Å²) in [7, 11) is 0. The summed E-state index contributed by atoms with van der Waals surface area (Å²) >= 11 is 7.68. The van der Waals surface area contributed by atoms with Crippen LogP contribution in [0.5, 0.6) is 0 Å². The smallest absolute Gasteiger partial charge is 0.276 e. The highest BCUT2D eigenvalue weighted by atomic mass is 35.5. The lowest BCUT2D eigenvalue weighted by molar-refractivity contribution is -0.119. The Labute approximate surface area is 170 Å². The molecule has 28 heavy (non-hydrogen) atoms. The molecule has 0 saturated heterocycles. The largest absolute Gasteiger partial charge is 0.324 e. The zero-order valence-electron chi connectivity index (χ0n) is 15.6. The minimum absolute atomic E-state index is 0.261. The molecule has 0 unspecified atom stereocenters. The third-order valence-electron chi connectivity index (χ3n) is 4.88. The van der Waals surface area contributed by atoms with Gasteiger partial charge in [0.2, 0.25) is 5.91 Å². The molecular formula is C21H18ClN3O2S. The van der Waals surface area contributed by atoms with Gasteiger partial charge in [0, 0.05) is 20.8 Å². The fourth-order valence-corrected chi connectivity index (χ4v) is 4.54. The van der Waals surface area contributed by atoms with E-state index in [1.807, 2.05) is 38.1 Å². The Morgan fingerprint density at radius 2 is 1.93 bits per heavy atom. The Morgan fingerprint density at radius 1 is 1.18 bits per heavy atom. The number of aryl methyl sites for hydroxylation is 1. The van der Waals surface area contributed by atoms with E-state index >= 15 is 0 Å². The van der Waals surface area contributed by atoms with Crippen molar-refractivity contribution < 1.29 is 4.79 Å². The number of nitrogens with zero attached hydrogens (tertiary/aromatic N) is 2. The Kier molecular flexibility index (Phi) is 4.69. The number of fused-ring (bicyclic) bond motifs is 3. The lowest BCUT2D eigenvalue weighted by Gasteiger charge is -2.16. The van der Waals surface area contributed by atoms with Crippen molar-refractivity contribution in [2.24, 2.45) is 0 Å². The van der Waals surface area contributed by atoms with Crippen LogP contribution in [0.1, 0.15) is 24.2 Å². The van der Waals surface area contributed by atoms with Gasteiger partial charge in [0.1, 0.15) is 6.04 Å². The molecule has 1 amide bonds. The molecule has 2 aromatic heterocycles. The topological polar surface area (TPSA) is 64.0 Å². The summed E-state index contributed by atoms with van der Waals surface area (Å²) in [6, 6.07) is 12.3. The van der Waals surface area contributed by atoms with E-state index in [1.165, 1.54) is 4.68 Å². The first-order valence-corrected chi connectivity index (χ1v) is 10.0. The highest BCUT2D eigenvalue weighted by Crippen LogP contribution is 2.33. The fraction of sp³-hybridized carbons (Fsp3) is 0.190. The fourth-order valence-electron chi connectivity index (χ4n) is 3.23. The van der Waals surface area contributed by atoms with Gasteiger partial charge in [0.25, 0.3) is 5.56 Å². The lowest BCUT2D eigenvalue weighted by atomic mass is 10.1. The van der Waals surface area contributed by atoms with Gasteiger partial charge in [-0.2, -0.15) is 5.10 Å². The van der Waals surface area contributed by atoms with Crippen molar-refractivity contribution in [1.82, 2.24) is 9.78 Å². The highest BCUT2D eigenvalue weighted by molar-refractivity contribution is 7.26. The molecule has 0 saturated carbocycles. The van der Waals surface area contributed by atoms with E-state index in [-0.39, 0.29) is 11.5 Å². The molecule has 4 rings (SSSR count). The van der Waals surface area contributed by atoms with Gasteiger partial charge in [0.05, 0.1) is 15.8 Å². The van der Waals surface area contributed by atoms with Gasteiger partial charge >= 0.3 is 0 Å². The van der Waals surface area contributed by atoms with Crippen molar-refractivity contribution in [3.05, 3.63) is 69.1 Å². The molecule has 0 bridgehead atoms. The summed E-state index contributed by atoms with van der Waals surface area (Å²) in [5, 5.41) is 9.36. The van der Waals surface area contributed by atoms with Gasteiger partial charge in [-0.15, -0.1) is 11.3 Å². The van der Waals surface area contributed by atoms with Crippen LogP contribution in [0, 0.1) is 13.8 Å². The summed E-state index contributed by atoms with van der Waals surface area (Å²) in [6.07, 6.45) is 0. The molecule has 0 aliphatic heterocycles. The molecular weight excluding hydrogens is 394 g/mol. The standard InChI is InChI=1S/C21H18ClN3O2S/c1-11-15(22)8-6-9-16(11)23-20(26)13(3)25-21(27)18-14-7-4-5-10-17(14)28-19(18)12(2)24-25/h4-10,13H,1-3H3,(H,23,26)/t13-/m1/s1. The first-order valence-electron chi connectivity index (χ1n) is 8.85. The number of benzene rings is 2. The number of anilines is 1. The summed E-state index contributed by atoms with van der Waals surface area (Å²) in [6.45, 7) is 5.36. The molecule has 5 nitrogen and oxygen atoms in total. The van der Waals surface area contributed by atoms with Crippen molar-refractivity contribution in [1.29, 1.82) is 0 Å². The third-order valence-corrected chi connectivity index (χ3v) is 6.56. The SMILES string of the molecule is Cc1c(Cl)cccc1NC(=O)[C@@H](C)n1nc(C)c2sc3ccccc3c2c1=O. The molecule has 0 aliphatic rings. The Morgan fingerprint density at radius 3 is 2.71 bits per heavy atom. The Balaban J connectivity index is 1.79. The summed E-state index contributed by atoms with van der Waals surface area (Å²) in [5.41, 5.74) is 1.87. The van der Waals surface area contributed by atoms with Crippen molar-refractivity contribution in [2.45, 2.75) is 26.8 Å². The van der Waals surface area contributed by atoms with Crippen molar-refractivity contribution in [2.75, 3.05) is 5.32 Å². The number of aromatic nitrogens is 2. The number of halogens is 1. The Hall–Kier alpha value is -2.70. The molecule has 0 radical (unpaired) electrons. The number of rotatable bonds is 3. The second-order valence-corrected chi connectivity index (χ2v) is 8.17. The van der Waals surface area contributed by atoms with E-state index in [0.717, 1.165) is 26.0 Å². The molecule has 1 N–H and O–H groups in total. The van der Waals surface area contributed by atoms with Crippen LogP contribution < -0.4 is 10.9 Å². The van der Waals surface area contributed by atoms with Gasteiger partial charge in [-0.25, -0.2) is 4.68 Å². The average molecular weight is 412 g/mol. The first-order chi connectivity index (χ1) is 13.4. The van der Waals surface area contributed by atoms with Crippen LogP contribution in [0.15, 0.2) is 47.3 Å². The third kappa shape index (κ3) is 2.99. The number of carbonyl (C=O) groups is 1. The summed E-state index contributed by atoms with van der Waals surface area (Å²) in [5.74, 6) is -0.321. The molecule has 2 heterocycles. The quantitative estimate of drug-likeness (QED) is 0.511. The predicted molar refractivity (Wildman–Crippen MR) is 116 cm³/mol. The monoisotopic (exact) mass is 411 g/mol. The van der Waals surface area contributed by atoms with Gasteiger partial charge in [-0.3, -0.25) is 9.59 Å². The van der Waals surface area contributed by atoms with Crippen molar-refractivity contribution >= 4 is 54.7 Å². The van der Waals surface area contributed by atoms with Gasteiger partial charge in [0.15, 0.2) is 0 Å². The molecule has 0 aliphatic carbocycles. The number of carbonyl (C=O) groups excluding carboxylic acids is 1. The molecule has 1 atom stereocenters. The zero-order valence-corrected chi connectivity index (χ0v) is 17.2. The summed E-state index contributed by atoms with van der Waals surface area (Å²) < 4.78 is 3.16. The molecule has 2 aromatic carbocycles. The van der Waals surface area contributed by atoms with Crippen LogP contribution in [0.2, 0.25) is 5.02 Å². The Bertz CT molecular complexity index is 1290. The molecule has 7 heteroatoms. The predicted octanol–water partition coefficient (Wildman–Crippen LogP) is 5.08. The number of nitrogens with one attached hydrogen (secondary N) is 1. The number of amides is 1. The van der Waals surface area contributed by atoms with Crippen molar-refractivity contribution in [3.63, 3.8) is 0 Å². The normalized spacial score (nSPS) is 12.4. The second-order valence-electron chi connectivity index (χ2n) is 6.72. The molecule has 142 valence electrons. The van der Waals surface area contributed by atoms with Crippen LogP contribution >= 0.6 is 22.9 Å². The number of thiophene rings is 1. The van der Waals surface area contributed by atoms with Crippen LogP contribution in [0.4, 0.5) is 5.69 Å². The zero-order chi connectivity index (χ0) is 20.0. The second kappa shape index (κ2) is 7.04. The van der Waals surface area contributed by atoms with Crippen LogP contribution in [0.3, 0.4) is 0 Å². The van der Waals surface area contributed by atoms with Crippen LogP contribution in [-0.4, -0.2) is 15.7 Å². The molecule has 4 aromatic rings. The van der Waals surface area contributed by atoms with E-state index in [0.29, 0.717) is 16.1 Å². The molecule has 0 fully saturated rings. The first kappa shape index (κ1) is 18.7. The minimum Gasteiger partial charge on any atom is -0.324 e. The van der Waals surface area contributed by atoms with Crippen LogP contribution in [-0.2, 0) is 4.79 Å². The lowest BCUT2D eigenvalue weighted by Crippen LogP contribution is -2.34. The number of hydrogen-bond donors (Lipinski definition) is 1. The van der Waals surface area contributed by atoms with E-state index < -0.39 is 6.04 Å². The van der Waals surface area contributed by atoms with E-state index in [1.54, 1.807) is 36.5 Å². The van der Waals surface area contributed by atoms with Crippen molar-refractivity contribution in [3.8, 4) is 0 Å². The van der Waals surface area contributed by atoms with E-state index in [9.17, 15) is 9.59 Å². The maximum Gasteiger partial charge on any atom is 0.276 e. The maximum absolute atomic E-state index is 13.2. The molecule has 0 spiro atoms. The highest BCUT2D eigenvalue weighted by Gasteiger charge is 2.22. The van der Waals surface area contributed by atoms with Gasteiger partial charge in [-0.1, -0.05) is 35.9 Å². The van der Waals surface area contributed by atoms with E-state index in [4.69, 9.17) is 11.6 Å². The van der Waals surface area contributed by atoms with Gasteiger partial charge in [-0.05, 0) is 44.5 Å². The average Bonchev–Trinajstić information content (AvgIpc) is 3.08. The van der Waals surface area contributed by atoms with E-state index in [2.05, 4.69) is 10.4 Å². The minimum atomic E-state index is -0.771. The summed E-state index contributed by atoms with van der Waals surface area (Å²) in [4.78, 5) is 26.0.